The number of hydrogen-bond donors (Lipinski definition) is 0. The standard InChI is InChI=1S/C21H27N5O/c1-24-12-13-26-18(15-24)22-23-19(26)16-6-5-11-25(14-16)20(27)21(9-10-21)17-7-3-2-4-8-17/h2-4,7-8,16H,5-6,9-15H2,1H3. The zero-order valence-electron chi connectivity index (χ0n) is 16.0. The molecule has 6 heteroatoms. The largest absolute Gasteiger partial charge is 0.341 e. The molecular weight excluding hydrogens is 338 g/mol. The number of likely N-dealkylation sites (N-methyl/N-ethyl adjacent to an activating group) is 1. The highest BCUT2D eigenvalue weighted by Crippen LogP contribution is 2.50. The topological polar surface area (TPSA) is 54.3 Å². The van der Waals surface area contributed by atoms with Crippen LogP contribution in [-0.2, 0) is 23.3 Å². The number of nitrogens with zero attached hydrogens (tertiary/aromatic N) is 5. The second-order valence-corrected chi connectivity index (χ2v) is 8.40. The summed E-state index contributed by atoms with van der Waals surface area (Å²) in [5.41, 5.74) is 0.913. The van der Waals surface area contributed by atoms with E-state index < -0.39 is 0 Å². The molecule has 2 fully saturated rings. The molecule has 1 unspecified atom stereocenters. The van der Waals surface area contributed by atoms with Crippen LogP contribution in [0.1, 0.15) is 48.8 Å². The summed E-state index contributed by atoms with van der Waals surface area (Å²) in [5.74, 6) is 2.76. The van der Waals surface area contributed by atoms with E-state index in [1.54, 1.807) is 0 Å². The minimum atomic E-state index is -0.268. The minimum Gasteiger partial charge on any atom is -0.341 e. The number of carbonyl (C=O) groups is 1. The molecule has 6 nitrogen and oxygen atoms in total. The number of piperidine rings is 1. The van der Waals surface area contributed by atoms with Gasteiger partial charge in [0.1, 0.15) is 11.6 Å². The van der Waals surface area contributed by atoms with Gasteiger partial charge < -0.3 is 9.47 Å². The van der Waals surface area contributed by atoms with Gasteiger partial charge in [-0.2, -0.15) is 0 Å². The average molecular weight is 365 g/mol. The molecule has 3 aliphatic rings. The lowest BCUT2D eigenvalue weighted by Gasteiger charge is -2.35. The van der Waals surface area contributed by atoms with Crippen molar-refractivity contribution in [3.05, 3.63) is 47.5 Å². The Bertz CT molecular complexity index is 842. The second-order valence-electron chi connectivity index (χ2n) is 8.40. The van der Waals surface area contributed by atoms with E-state index in [1.807, 2.05) is 18.2 Å². The van der Waals surface area contributed by atoms with Gasteiger partial charge >= 0.3 is 0 Å². The molecule has 1 saturated heterocycles. The van der Waals surface area contributed by atoms with Gasteiger partial charge in [-0.1, -0.05) is 30.3 Å². The summed E-state index contributed by atoms with van der Waals surface area (Å²) in [6, 6.07) is 10.3. The molecule has 1 saturated carbocycles. The fraction of sp³-hybridized carbons (Fsp3) is 0.571. The van der Waals surface area contributed by atoms with Gasteiger partial charge in [0.05, 0.1) is 12.0 Å². The Hall–Kier alpha value is -2.21. The van der Waals surface area contributed by atoms with Gasteiger partial charge in [-0.25, -0.2) is 0 Å². The van der Waals surface area contributed by atoms with E-state index >= 15 is 0 Å². The number of carbonyl (C=O) groups excluding carboxylic acids is 1. The summed E-state index contributed by atoms with van der Waals surface area (Å²) in [6.45, 7) is 4.49. The summed E-state index contributed by atoms with van der Waals surface area (Å²) < 4.78 is 2.29. The minimum absolute atomic E-state index is 0.268. The Labute approximate surface area is 160 Å². The maximum Gasteiger partial charge on any atom is 0.233 e. The van der Waals surface area contributed by atoms with Gasteiger partial charge in [0, 0.05) is 32.1 Å². The van der Waals surface area contributed by atoms with E-state index in [-0.39, 0.29) is 5.41 Å². The summed E-state index contributed by atoms with van der Waals surface area (Å²) in [7, 11) is 2.12. The molecule has 1 amide bonds. The fourth-order valence-corrected chi connectivity index (χ4v) is 4.79. The van der Waals surface area contributed by atoms with Gasteiger partial charge in [0.15, 0.2) is 0 Å². The predicted octanol–water partition coefficient (Wildman–Crippen LogP) is 2.16. The highest BCUT2D eigenvalue weighted by molar-refractivity contribution is 5.91. The van der Waals surface area contributed by atoms with Crippen molar-refractivity contribution in [2.75, 3.05) is 26.7 Å². The molecule has 0 bridgehead atoms. The first-order valence-electron chi connectivity index (χ1n) is 10.1. The molecule has 0 radical (unpaired) electrons. The second kappa shape index (κ2) is 6.44. The normalized spacial score (nSPS) is 24.5. The fourth-order valence-electron chi connectivity index (χ4n) is 4.79. The summed E-state index contributed by atoms with van der Waals surface area (Å²) in [4.78, 5) is 17.8. The van der Waals surface area contributed by atoms with Crippen LogP contribution in [-0.4, -0.2) is 57.2 Å². The van der Waals surface area contributed by atoms with Crippen LogP contribution in [0.25, 0.3) is 0 Å². The van der Waals surface area contributed by atoms with Crippen LogP contribution in [0.2, 0.25) is 0 Å². The molecule has 0 N–H and O–H groups in total. The Balaban J connectivity index is 1.36. The average Bonchev–Trinajstić information content (AvgIpc) is 3.42. The van der Waals surface area contributed by atoms with Crippen molar-refractivity contribution in [3.63, 3.8) is 0 Å². The number of hydrogen-bond acceptors (Lipinski definition) is 4. The zero-order chi connectivity index (χ0) is 18.4. The molecule has 142 valence electrons. The number of likely N-dealkylation sites (tertiary alicyclic amines) is 1. The number of rotatable bonds is 3. The molecule has 1 atom stereocenters. The number of benzene rings is 1. The van der Waals surface area contributed by atoms with Gasteiger partial charge in [0.2, 0.25) is 5.91 Å². The quantitative estimate of drug-likeness (QED) is 0.836. The van der Waals surface area contributed by atoms with Crippen molar-refractivity contribution < 1.29 is 4.79 Å². The van der Waals surface area contributed by atoms with Gasteiger partial charge in [-0.15, -0.1) is 10.2 Å². The number of fused-ring (bicyclic) bond motifs is 1. The molecule has 2 aliphatic heterocycles. The van der Waals surface area contributed by atoms with Gasteiger partial charge in [0.25, 0.3) is 0 Å². The molecule has 5 rings (SSSR count). The third kappa shape index (κ3) is 2.87. The molecule has 1 aromatic heterocycles. The summed E-state index contributed by atoms with van der Waals surface area (Å²) in [6.07, 6.45) is 4.09. The zero-order valence-corrected chi connectivity index (χ0v) is 16.0. The highest BCUT2D eigenvalue weighted by Gasteiger charge is 2.53. The van der Waals surface area contributed by atoms with E-state index in [2.05, 4.69) is 43.7 Å². The Morgan fingerprint density at radius 2 is 1.93 bits per heavy atom. The van der Waals surface area contributed by atoms with Crippen LogP contribution in [0.15, 0.2) is 30.3 Å². The summed E-state index contributed by atoms with van der Waals surface area (Å²) >= 11 is 0. The van der Waals surface area contributed by atoms with E-state index in [0.29, 0.717) is 11.8 Å². The van der Waals surface area contributed by atoms with Crippen molar-refractivity contribution in [2.45, 2.75) is 50.1 Å². The first kappa shape index (κ1) is 16.9. The third-order valence-electron chi connectivity index (χ3n) is 6.53. The molecule has 1 aromatic carbocycles. The van der Waals surface area contributed by atoms with Crippen molar-refractivity contribution in [2.24, 2.45) is 0 Å². The molecular formula is C21H27N5O. The number of aromatic nitrogens is 3. The number of amides is 1. The lowest BCUT2D eigenvalue weighted by molar-refractivity contribution is -0.135. The molecule has 3 heterocycles. The lowest BCUT2D eigenvalue weighted by atomic mass is 9.91. The Morgan fingerprint density at radius 3 is 2.70 bits per heavy atom. The van der Waals surface area contributed by atoms with E-state index in [4.69, 9.17) is 0 Å². The van der Waals surface area contributed by atoms with Crippen LogP contribution in [0, 0.1) is 0 Å². The first-order chi connectivity index (χ1) is 13.2. The van der Waals surface area contributed by atoms with Crippen LogP contribution in [0.5, 0.6) is 0 Å². The highest BCUT2D eigenvalue weighted by atomic mass is 16.2. The van der Waals surface area contributed by atoms with Gasteiger partial charge in [-0.05, 0) is 38.3 Å². The van der Waals surface area contributed by atoms with Gasteiger partial charge in [-0.3, -0.25) is 9.69 Å². The van der Waals surface area contributed by atoms with E-state index in [9.17, 15) is 4.79 Å². The molecule has 1 aliphatic carbocycles. The van der Waals surface area contributed by atoms with Crippen molar-refractivity contribution in [1.29, 1.82) is 0 Å². The first-order valence-corrected chi connectivity index (χ1v) is 10.1. The van der Waals surface area contributed by atoms with Crippen LogP contribution < -0.4 is 0 Å². The lowest BCUT2D eigenvalue weighted by Crippen LogP contribution is -2.45. The summed E-state index contributed by atoms with van der Waals surface area (Å²) in [5, 5.41) is 8.96. The van der Waals surface area contributed by atoms with Crippen molar-refractivity contribution in [1.82, 2.24) is 24.6 Å². The van der Waals surface area contributed by atoms with Crippen molar-refractivity contribution >= 4 is 5.91 Å². The molecule has 2 aromatic rings. The third-order valence-corrected chi connectivity index (χ3v) is 6.53. The van der Waals surface area contributed by atoms with Crippen LogP contribution >= 0.6 is 0 Å². The maximum atomic E-state index is 13.4. The van der Waals surface area contributed by atoms with E-state index in [1.165, 1.54) is 5.56 Å². The van der Waals surface area contributed by atoms with Crippen LogP contribution in [0.3, 0.4) is 0 Å². The molecule has 27 heavy (non-hydrogen) atoms. The SMILES string of the molecule is CN1CCn2c(nnc2C2CCCN(C(=O)C3(c4ccccc4)CC3)C2)C1. The smallest absolute Gasteiger partial charge is 0.233 e. The maximum absolute atomic E-state index is 13.4. The molecule has 0 spiro atoms. The van der Waals surface area contributed by atoms with Crippen LogP contribution in [0.4, 0.5) is 0 Å². The Morgan fingerprint density at radius 1 is 1.11 bits per heavy atom. The monoisotopic (exact) mass is 365 g/mol. The van der Waals surface area contributed by atoms with E-state index in [0.717, 1.165) is 70.1 Å². The predicted molar refractivity (Wildman–Crippen MR) is 102 cm³/mol. The Kier molecular flexibility index (Phi) is 4.04. The van der Waals surface area contributed by atoms with Crippen molar-refractivity contribution in [3.8, 4) is 0 Å².